The molecule has 0 unspecified atom stereocenters. The Balaban J connectivity index is 1.73. The van der Waals surface area contributed by atoms with E-state index in [2.05, 4.69) is 0 Å². The van der Waals surface area contributed by atoms with Crippen molar-refractivity contribution in [1.82, 2.24) is 4.90 Å². The van der Waals surface area contributed by atoms with Crippen LogP contribution in [0, 0.1) is 5.82 Å². The van der Waals surface area contributed by atoms with Gasteiger partial charge in [-0.25, -0.2) is 9.18 Å². The van der Waals surface area contributed by atoms with E-state index in [4.69, 9.17) is 14.2 Å². The quantitative estimate of drug-likeness (QED) is 0.676. The first kappa shape index (κ1) is 19.2. The first-order valence-electron chi connectivity index (χ1n) is 7.89. The predicted octanol–water partition coefficient (Wildman–Crippen LogP) is 2.41. The summed E-state index contributed by atoms with van der Waals surface area (Å²) >= 11 is 0. The minimum atomic E-state index is -0.673. The normalized spacial score (nSPS) is 10.1. The lowest BCUT2D eigenvalue weighted by Gasteiger charge is -2.17. The number of carbonyl (C=O) groups excluding carboxylic acids is 2. The molecule has 0 aromatic heterocycles. The van der Waals surface area contributed by atoms with Gasteiger partial charge in [0.2, 0.25) is 0 Å². The minimum Gasteiger partial charge on any atom is -0.497 e. The summed E-state index contributed by atoms with van der Waals surface area (Å²) in [6.45, 7) is -0.669. The van der Waals surface area contributed by atoms with Gasteiger partial charge in [0.1, 0.15) is 17.3 Å². The van der Waals surface area contributed by atoms with Crippen molar-refractivity contribution in [2.24, 2.45) is 0 Å². The van der Waals surface area contributed by atoms with Crippen molar-refractivity contribution < 1.29 is 28.2 Å². The summed E-state index contributed by atoms with van der Waals surface area (Å²) in [4.78, 5) is 24.9. The number of hydrogen-bond donors (Lipinski definition) is 0. The molecule has 0 fully saturated rings. The van der Waals surface area contributed by atoms with Crippen LogP contribution in [0.2, 0.25) is 0 Å². The summed E-state index contributed by atoms with van der Waals surface area (Å²) in [5.74, 6) is -0.356. The number of benzene rings is 2. The van der Waals surface area contributed by atoms with Crippen LogP contribution in [0.15, 0.2) is 48.5 Å². The molecule has 7 heteroatoms. The molecule has 6 nitrogen and oxygen atoms in total. The molecule has 0 aliphatic heterocycles. The number of carbonyl (C=O) groups is 2. The van der Waals surface area contributed by atoms with E-state index in [0.717, 1.165) is 0 Å². The molecule has 0 aliphatic carbocycles. The number of ether oxygens (including phenoxy) is 3. The Morgan fingerprint density at radius 3 is 2.31 bits per heavy atom. The average Bonchev–Trinajstić information content (AvgIpc) is 2.66. The van der Waals surface area contributed by atoms with E-state index >= 15 is 0 Å². The smallest absolute Gasteiger partial charge is 0.344 e. The van der Waals surface area contributed by atoms with Gasteiger partial charge >= 0.3 is 5.97 Å². The Kier molecular flexibility index (Phi) is 6.96. The van der Waals surface area contributed by atoms with Crippen LogP contribution in [0.1, 0.15) is 5.56 Å². The van der Waals surface area contributed by atoms with Crippen LogP contribution in [0.5, 0.6) is 11.5 Å². The van der Waals surface area contributed by atoms with E-state index in [1.807, 2.05) is 0 Å². The highest BCUT2D eigenvalue weighted by molar-refractivity contribution is 5.80. The summed E-state index contributed by atoms with van der Waals surface area (Å²) in [5, 5.41) is 0. The summed E-state index contributed by atoms with van der Waals surface area (Å²) in [7, 11) is 3.06. The number of halogens is 1. The third kappa shape index (κ3) is 5.77. The Bertz CT molecular complexity index is 748. The monoisotopic (exact) mass is 361 g/mol. The Morgan fingerprint density at radius 2 is 1.65 bits per heavy atom. The maximum atomic E-state index is 13.6. The molecular formula is C19H20FNO5. The van der Waals surface area contributed by atoms with Crippen LogP contribution in [-0.2, 0) is 20.9 Å². The van der Waals surface area contributed by atoms with Gasteiger partial charge in [0.05, 0.1) is 7.11 Å². The summed E-state index contributed by atoms with van der Waals surface area (Å²) in [5.41, 5.74) is 0.387. The van der Waals surface area contributed by atoms with Gasteiger partial charge in [-0.15, -0.1) is 0 Å². The van der Waals surface area contributed by atoms with Gasteiger partial charge in [0.15, 0.2) is 13.2 Å². The fraction of sp³-hybridized carbons (Fsp3) is 0.263. The molecule has 2 aromatic carbocycles. The third-order valence-electron chi connectivity index (χ3n) is 3.56. The standard InChI is InChI=1S/C19H20FNO5/c1-21(11-14-5-3-4-6-17(14)20)18(22)12-26-19(23)13-25-16-9-7-15(24-2)8-10-16/h3-10H,11-13H2,1-2H3. The number of esters is 1. The molecule has 0 N–H and O–H groups in total. The lowest BCUT2D eigenvalue weighted by molar-refractivity contribution is -0.153. The Labute approximate surface area is 151 Å². The molecule has 0 spiro atoms. The lowest BCUT2D eigenvalue weighted by Crippen LogP contribution is -2.31. The Morgan fingerprint density at radius 1 is 1.00 bits per heavy atom. The van der Waals surface area contributed by atoms with Crippen molar-refractivity contribution in [3.8, 4) is 11.5 Å². The summed E-state index contributed by atoms with van der Waals surface area (Å²) in [6, 6.07) is 12.9. The molecule has 0 atom stereocenters. The average molecular weight is 361 g/mol. The van der Waals surface area contributed by atoms with Gasteiger partial charge in [0, 0.05) is 19.2 Å². The molecule has 0 aliphatic rings. The van der Waals surface area contributed by atoms with Gasteiger partial charge in [-0.05, 0) is 30.3 Å². The number of nitrogens with zero attached hydrogens (tertiary/aromatic N) is 1. The van der Waals surface area contributed by atoms with Crippen LogP contribution >= 0.6 is 0 Å². The summed E-state index contributed by atoms with van der Waals surface area (Å²) in [6.07, 6.45) is 0. The summed E-state index contributed by atoms with van der Waals surface area (Å²) < 4.78 is 28.8. The molecule has 138 valence electrons. The van der Waals surface area contributed by atoms with Crippen molar-refractivity contribution in [3.05, 3.63) is 59.9 Å². The first-order valence-corrected chi connectivity index (χ1v) is 7.89. The molecule has 0 saturated heterocycles. The van der Waals surface area contributed by atoms with Gasteiger partial charge < -0.3 is 19.1 Å². The van der Waals surface area contributed by atoms with E-state index in [1.54, 1.807) is 49.6 Å². The second-order valence-corrected chi connectivity index (χ2v) is 5.47. The van der Waals surface area contributed by atoms with Crippen molar-refractivity contribution in [2.45, 2.75) is 6.54 Å². The van der Waals surface area contributed by atoms with Crippen molar-refractivity contribution in [1.29, 1.82) is 0 Å². The largest absolute Gasteiger partial charge is 0.497 e. The van der Waals surface area contributed by atoms with Crippen LogP contribution in [-0.4, -0.2) is 44.1 Å². The van der Waals surface area contributed by atoms with Gasteiger partial charge in [0.25, 0.3) is 5.91 Å². The van der Waals surface area contributed by atoms with E-state index in [0.29, 0.717) is 17.1 Å². The highest BCUT2D eigenvalue weighted by Crippen LogP contribution is 2.16. The van der Waals surface area contributed by atoms with E-state index < -0.39 is 24.3 Å². The highest BCUT2D eigenvalue weighted by Gasteiger charge is 2.14. The second-order valence-electron chi connectivity index (χ2n) is 5.47. The highest BCUT2D eigenvalue weighted by atomic mass is 19.1. The number of hydrogen-bond acceptors (Lipinski definition) is 5. The Hall–Kier alpha value is -3.09. The molecule has 2 aromatic rings. The van der Waals surface area contributed by atoms with Crippen LogP contribution < -0.4 is 9.47 Å². The fourth-order valence-corrected chi connectivity index (χ4v) is 2.08. The van der Waals surface area contributed by atoms with Crippen molar-refractivity contribution >= 4 is 11.9 Å². The zero-order valence-corrected chi connectivity index (χ0v) is 14.6. The molecule has 0 saturated carbocycles. The van der Waals surface area contributed by atoms with E-state index in [-0.39, 0.29) is 13.2 Å². The lowest BCUT2D eigenvalue weighted by atomic mass is 10.2. The predicted molar refractivity (Wildman–Crippen MR) is 92.3 cm³/mol. The molecular weight excluding hydrogens is 341 g/mol. The van der Waals surface area contributed by atoms with Gasteiger partial charge in [-0.1, -0.05) is 18.2 Å². The van der Waals surface area contributed by atoms with Crippen LogP contribution in [0.4, 0.5) is 4.39 Å². The number of rotatable bonds is 8. The zero-order chi connectivity index (χ0) is 18.9. The van der Waals surface area contributed by atoms with Crippen LogP contribution in [0.25, 0.3) is 0 Å². The van der Waals surface area contributed by atoms with E-state index in [1.165, 1.54) is 18.0 Å². The van der Waals surface area contributed by atoms with Gasteiger partial charge in [-0.2, -0.15) is 0 Å². The zero-order valence-electron chi connectivity index (χ0n) is 14.6. The molecule has 0 heterocycles. The number of methoxy groups -OCH3 is 1. The molecule has 0 radical (unpaired) electrons. The SMILES string of the molecule is COc1ccc(OCC(=O)OCC(=O)N(C)Cc2ccccc2F)cc1. The third-order valence-corrected chi connectivity index (χ3v) is 3.56. The van der Waals surface area contributed by atoms with Crippen molar-refractivity contribution in [2.75, 3.05) is 27.4 Å². The molecule has 2 rings (SSSR count). The maximum Gasteiger partial charge on any atom is 0.344 e. The molecule has 1 amide bonds. The number of likely N-dealkylation sites (N-methyl/N-ethyl adjacent to an activating group) is 1. The maximum absolute atomic E-state index is 13.6. The minimum absolute atomic E-state index is 0.0887. The fourth-order valence-electron chi connectivity index (χ4n) is 2.08. The van der Waals surface area contributed by atoms with Crippen LogP contribution in [0.3, 0.4) is 0 Å². The first-order chi connectivity index (χ1) is 12.5. The van der Waals surface area contributed by atoms with Gasteiger partial charge in [-0.3, -0.25) is 4.79 Å². The molecule has 26 heavy (non-hydrogen) atoms. The number of amides is 1. The molecule has 0 bridgehead atoms. The topological polar surface area (TPSA) is 65.1 Å². The second kappa shape index (κ2) is 9.41. The van der Waals surface area contributed by atoms with E-state index in [9.17, 15) is 14.0 Å². The van der Waals surface area contributed by atoms with Crippen molar-refractivity contribution in [3.63, 3.8) is 0 Å².